The third-order valence-electron chi connectivity index (χ3n) is 1.53. The van der Waals surface area contributed by atoms with E-state index in [2.05, 4.69) is 0 Å². The van der Waals surface area contributed by atoms with Gasteiger partial charge in [-0.05, 0) is 0 Å². The normalized spacial score (nSPS) is 40.5. The first kappa shape index (κ1) is 9.05. The molecule has 1 aliphatic heterocycles. The molecule has 2 N–H and O–H groups in total. The second-order valence-electron chi connectivity index (χ2n) is 2.17. The SMILES string of the molecule is OCC1SCC(OI)[C@@H]1O. The zero-order valence-electron chi connectivity index (χ0n) is 5.24. The summed E-state index contributed by atoms with van der Waals surface area (Å²) in [5.41, 5.74) is 0. The molecule has 2 unspecified atom stereocenters. The summed E-state index contributed by atoms with van der Waals surface area (Å²) >= 11 is 3.33. The first-order chi connectivity index (χ1) is 4.79. The molecule has 0 amide bonds. The fourth-order valence-electron chi connectivity index (χ4n) is 0.894. The molecule has 3 atom stereocenters. The molecule has 0 bridgehead atoms. The van der Waals surface area contributed by atoms with Gasteiger partial charge in [0.15, 0.2) is 0 Å². The van der Waals surface area contributed by atoms with Gasteiger partial charge in [-0.25, -0.2) is 0 Å². The van der Waals surface area contributed by atoms with Crippen LogP contribution in [0.1, 0.15) is 0 Å². The molecule has 0 aromatic rings. The van der Waals surface area contributed by atoms with E-state index >= 15 is 0 Å². The molecule has 1 aliphatic rings. The zero-order chi connectivity index (χ0) is 7.56. The van der Waals surface area contributed by atoms with Gasteiger partial charge in [0, 0.05) is 5.75 Å². The number of hydrogen-bond acceptors (Lipinski definition) is 4. The summed E-state index contributed by atoms with van der Waals surface area (Å²) in [5, 5.41) is 18.0. The van der Waals surface area contributed by atoms with Gasteiger partial charge in [-0.1, -0.05) is 0 Å². The van der Waals surface area contributed by atoms with Crippen LogP contribution in [-0.4, -0.2) is 40.0 Å². The molecular formula is C5H9IO3S. The lowest BCUT2D eigenvalue weighted by molar-refractivity contribution is 0.0694. The van der Waals surface area contributed by atoms with E-state index in [0.29, 0.717) is 0 Å². The molecule has 60 valence electrons. The maximum Gasteiger partial charge on any atom is 0.110 e. The quantitative estimate of drug-likeness (QED) is 0.707. The van der Waals surface area contributed by atoms with Crippen molar-refractivity contribution in [2.24, 2.45) is 0 Å². The van der Waals surface area contributed by atoms with Crippen LogP contribution in [0.4, 0.5) is 0 Å². The lowest BCUT2D eigenvalue weighted by atomic mass is 10.2. The smallest absolute Gasteiger partial charge is 0.110 e. The van der Waals surface area contributed by atoms with Gasteiger partial charge in [-0.2, -0.15) is 11.8 Å². The largest absolute Gasteiger partial charge is 0.395 e. The van der Waals surface area contributed by atoms with Gasteiger partial charge in [-0.15, -0.1) is 0 Å². The highest BCUT2D eigenvalue weighted by atomic mass is 127. The molecule has 1 fully saturated rings. The van der Waals surface area contributed by atoms with Crippen LogP contribution in [0.15, 0.2) is 0 Å². The van der Waals surface area contributed by atoms with Crippen molar-refractivity contribution in [1.82, 2.24) is 0 Å². The van der Waals surface area contributed by atoms with Gasteiger partial charge in [0.05, 0.1) is 18.0 Å². The maximum absolute atomic E-state index is 9.34. The van der Waals surface area contributed by atoms with Crippen molar-refractivity contribution in [3.63, 3.8) is 0 Å². The maximum atomic E-state index is 9.34. The van der Waals surface area contributed by atoms with E-state index in [1.54, 1.807) is 34.8 Å². The van der Waals surface area contributed by atoms with Crippen LogP contribution in [0, 0.1) is 0 Å². The van der Waals surface area contributed by atoms with Gasteiger partial charge >= 0.3 is 0 Å². The Kier molecular flexibility index (Phi) is 3.71. The van der Waals surface area contributed by atoms with Crippen molar-refractivity contribution < 1.29 is 13.3 Å². The minimum Gasteiger partial charge on any atom is -0.395 e. The van der Waals surface area contributed by atoms with Gasteiger partial charge in [0.25, 0.3) is 0 Å². The van der Waals surface area contributed by atoms with Crippen molar-refractivity contribution in [1.29, 1.82) is 0 Å². The van der Waals surface area contributed by atoms with Crippen LogP contribution in [0.3, 0.4) is 0 Å². The molecule has 1 heterocycles. The fraction of sp³-hybridized carbons (Fsp3) is 1.00. The summed E-state index contributed by atoms with van der Waals surface area (Å²) in [4.78, 5) is 0. The predicted octanol–water partition coefficient (Wildman–Crippen LogP) is 0.190. The Hall–Kier alpha value is 0.960. The van der Waals surface area contributed by atoms with Crippen LogP contribution in [0.2, 0.25) is 0 Å². The van der Waals surface area contributed by atoms with E-state index in [9.17, 15) is 5.11 Å². The summed E-state index contributed by atoms with van der Waals surface area (Å²) in [5.74, 6) is 0.773. The summed E-state index contributed by atoms with van der Waals surface area (Å²) < 4.78 is 4.94. The molecule has 0 spiro atoms. The second kappa shape index (κ2) is 4.10. The molecule has 0 aromatic carbocycles. The van der Waals surface area contributed by atoms with E-state index in [0.717, 1.165) is 5.75 Å². The number of rotatable bonds is 2. The summed E-state index contributed by atoms with van der Waals surface area (Å²) in [6.45, 7) is 0.0301. The minimum absolute atomic E-state index is 0.0301. The third kappa shape index (κ3) is 1.76. The Morgan fingerprint density at radius 1 is 1.70 bits per heavy atom. The zero-order valence-corrected chi connectivity index (χ0v) is 8.21. The first-order valence-electron chi connectivity index (χ1n) is 2.97. The molecular weight excluding hydrogens is 267 g/mol. The average molecular weight is 276 g/mol. The average Bonchev–Trinajstić information content (AvgIpc) is 2.30. The Balaban J connectivity index is 2.41. The van der Waals surface area contributed by atoms with E-state index in [1.807, 2.05) is 0 Å². The predicted molar refractivity (Wildman–Crippen MR) is 48.2 cm³/mol. The molecule has 0 aromatic heterocycles. The van der Waals surface area contributed by atoms with Crippen molar-refractivity contribution in [2.75, 3.05) is 12.4 Å². The second-order valence-corrected chi connectivity index (χ2v) is 3.95. The number of thioether (sulfide) groups is 1. The van der Waals surface area contributed by atoms with E-state index in [4.69, 9.17) is 8.17 Å². The Morgan fingerprint density at radius 3 is 2.70 bits per heavy atom. The van der Waals surface area contributed by atoms with Crippen LogP contribution in [0.25, 0.3) is 0 Å². The van der Waals surface area contributed by atoms with E-state index in [1.165, 1.54) is 0 Å². The molecule has 0 saturated carbocycles. The lowest BCUT2D eigenvalue weighted by Gasteiger charge is -2.13. The standard InChI is InChI=1S/C5H9IO3S/c6-9-3-2-10-4(1-7)5(3)8/h3-5,7-8H,1-2H2/t3?,4?,5-/m0/s1. The molecule has 1 saturated heterocycles. The van der Waals surface area contributed by atoms with Crippen LogP contribution >= 0.6 is 34.8 Å². The van der Waals surface area contributed by atoms with Gasteiger partial charge < -0.3 is 13.3 Å². The van der Waals surface area contributed by atoms with Crippen molar-refractivity contribution in [2.45, 2.75) is 17.5 Å². The van der Waals surface area contributed by atoms with Gasteiger partial charge in [0.1, 0.15) is 29.1 Å². The highest BCUT2D eigenvalue weighted by Gasteiger charge is 2.35. The Bertz CT molecular complexity index is 101. The molecule has 3 nitrogen and oxygen atoms in total. The summed E-state index contributed by atoms with van der Waals surface area (Å²) in [6.07, 6.45) is -0.616. The lowest BCUT2D eigenvalue weighted by Crippen LogP contribution is -2.31. The van der Waals surface area contributed by atoms with Gasteiger partial charge in [0.2, 0.25) is 0 Å². The van der Waals surface area contributed by atoms with Crippen LogP contribution in [-0.2, 0) is 3.07 Å². The van der Waals surface area contributed by atoms with E-state index < -0.39 is 6.10 Å². The molecule has 5 heteroatoms. The molecule has 10 heavy (non-hydrogen) atoms. The monoisotopic (exact) mass is 276 g/mol. The van der Waals surface area contributed by atoms with Crippen molar-refractivity contribution in [3.8, 4) is 0 Å². The third-order valence-corrected chi connectivity index (χ3v) is 3.56. The Labute approximate surface area is 77.8 Å². The van der Waals surface area contributed by atoms with Gasteiger partial charge in [-0.3, -0.25) is 0 Å². The Morgan fingerprint density at radius 2 is 2.40 bits per heavy atom. The highest BCUT2D eigenvalue weighted by Crippen LogP contribution is 2.29. The number of aliphatic hydroxyl groups is 2. The minimum atomic E-state index is -0.508. The number of hydrogen-bond donors (Lipinski definition) is 2. The summed E-state index contributed by atoms with van der Waals surface area (Å²) in [6, 6.07) is 0. The van der Waals surface area contributed by atoms with Crippen LogP contribution < -0.4 is 0 Å². The first-order valence-corrected chi connectivity index (χ1v) is 4.90. The number of aliphatic hydroxyl groups excluding tert-OH is 2. The van der Waals surface area contributed by atoms with Crippen molar-refractivity contribution in [3.05, 3.63) is 0 Å². The summed E-state index contributed by atoms with van der Waals surface area (Å²) in [7, 11) is 0. The fourth-order valence-corrected chi connectivity index (χ4v) is 2.80. The van der Waals surface area contributed by atoms with Crippen molar-refractivity contribution >= 4 is 34.8 Å². The molecule has 1 rings (SSSR count). The number of halogens is 1. The molecule has 0 aliphatic carbocycles. The van der Waals surface area contributed by atoms with Crippen LogP contribution in [0.5, 0.6) is 0 Å². The molecule has 0 radical (unpaired) electrons. The highest BCUT2D eigenvalue weighted by molar-refractivity contribution is 14.1. The van der Waals surface area contributed by atoms with E-state index in [-0.39, 0.29) is 18.0 Å². The topological polar surface area (TPSA) is 49.7 Å².